The van der Waals surface area contributed by atoms with Crippen LogP contribution in [0.4, 0.5) is 11.4 Å². The summed E-state index contributed by atoms with van der Waals surface area (Å²) >= 11 is 12.6. The summed E-state index contributed by atoms with van der Waals surface area (Å²) < 4.78 is 12.0. The standard InChI is InChI=1S/C34H47Cl2N3O4/c1-24(43-32(41)34(5,6)23-33(2,3)4)39-29-22-26(14-12-25(29)13-15-30(39)40)42-21-8-7-16-37-17-19-38(20-18-37)28-11-9-10-27(35)31(28)36/h9-12,14,22,24H,7-8,13,15-21,23H2,1-6H3. The molecule has 9 heteroatoms. The van der Waals surface area contributed by atoms with Gasteiger partial charge in [-0.15, -0.1) is 0 Å². The molecule has 1 saturated heterocycles. The quantitative estimate of drug-likeness (QED) is 0.188. The van der Waals surface area contributed by atoms with Gasteiger partial charge in [-0.25, -0.2) is 0 Å². The molecule has 4 rings (SSSR count). The van der Waals surface area contributed by atoms with Gasteiger partial charge < -0.3 is 14.4 Å². The Bertz CT molecular complexity index is 1280. The molecular weight excluding hydrogens is 585 g/mol. The van der Waals surface area contributed by atoms with Crippen LogP contribution in [0.1, 0.15) is 72.8 Å². The minimum absolute atomic E-state index is 0.0209. The topological polar surface area (TPSA) is 62.3 Å². The molecular formula is C34H47Cl2N3O4. The molecule has 43 heavy (non-hydrogen) atoms. The van der Waals surface area contributed by atoms with Crippen LogP contribution in [0.5, 0.6) is 5.75 Å². The monoisotopic (exact) mass is 631 g/mol. The van der Waals surface area contributed by atoms with Gasteiger partial charge in [-0.1, -0.05) is 56.1 Å². The van der Waals surface area contributed by atoms with E-state index in [2.05, 4.69) is 30.6 Å². The van der Waals surface area contributed by atoms with E-state index in [1.54, 1.807) is 11.8 Å². The van der Waals surface area contributed by atoms with Crippen molar-refractivity contribution in [3.05, 3.63) is 52.0 Å². The number of rotatable bonds is 11. The lowest BCUT2D eigenvalue weighted by Gasteiger charge is -2.36. The summed E-state index contributed by atoms with van der Waals surface area (Å²) in [6, 6.07) is 11.7. The fourth-order valence-corrected chi connectivity index (χ4v) is 6.72. The summed E-state index contributed by atoms with van der Waals surface area (Å²) in [7, 11) is 0. The molecule has 0 spiro atoms. The van der Waals surface area contributed by atoms with Crippen molar-refractivity contribution in [1.29, 1.82) is 0 Å². The van der Waals surface area contributed by atoms with Gasteiger partial charge in [0.25, 0.3) is 0 Å². The van der Waals surface area contributed by atoms with E-state index in [9.17, 15) is 9.59 Å². The van der Waals surface area contributed by atoms with E-state index >= 15 is 0 Å². The molecule has 7 nitrogen and oxygen atoms in total. The predicted molar refractivity (Wildman–Crippen MR) is 175 cm³/mol. The number of carbonyl (C=O) groups is 2. The van der Waals surface area contributed by atoms with Crippen LogP contribution >= 0.6 is 23.2 Å². The maximum absolute atomic E-state index is 13.1. The van der Waals surface area contributed by atoms with Crippen molar-refractivity contribution in [2.24, 2.45) is 10.8 Å². The Hall–Kier alpha value is -2.48. The van der Waals surface area contributed by atoms with E-state index in [4.69, 9.17) is 32.7 Å². The lowest BCUT2D eigenvalue weighted by molar-refractivity contribution is -0.161. The SMILES string of the molecule is CC(OC(=O)C(C)(C)CC(C)(C)C)N1C(=O)CCc2ccc(OCCCCN3CCN(c4cccc(Cl)c4Cl)CC3)cc21. The van der Waals surface area contributed by atoms with Crippen molar-refractivity contribution >= 4 is 46.5 Å². The van der Waals surface area contributed by atoms with Crippen molar-refractivity contribution in [3.8, 4) is 5.75 Å². The van der Waals surface area contributed by atoms with E-state index < -0.39 is 11.6 Å². The third-order valence-electron chi connectivity index (χ3n) is 8.14. The first-order valence-electron chi connectivity index (χ1n) is 15.5. The van der Waals surface area contributed by atoms with Crippen LogP contribution < -0.4 is 14.5 Å². The van der Waals surface area contributed by atoms with Crippen molar-refractivity contribution in [3.63, 3.8) is 0 Å². The third-order valence-corrected chi connectivity index (χ3v) is 8.95. The van der Waals surface area contributed by atoms with Crippen molar-refractivity contribution < 1.29 is 19.1 Å². The first-order chi connectivity index (χ1) is 20.2. The number of carbonyl (C=O) groups excluding carboxylic acids is 2. The van der Waals surface area contributed by atoms with Gasteiger partial charge in [-0.3, -0.25) is 19.4 Å². The number of aryl methyl sites for hydroxylation is 1. The minimum atomic E-state index is -0.705. The number of anilines is 2. The number of ether oxygens (including phenoxy) is 2. The molecule has 0 aromatic heterocycles. The van der Waals surface area contributed by atoms with Crippen molar-refractivity contribution in [1.82, 2.24) is 4.90 Å². The van der Waals surface area contributed by atoms with Crippen LogP contribution in [0.15, 0.2) is 36.4 Å². The molecule has 2 aliphatic heterocycles. The second kappa shape index (κ2) is 14.1. The highest BCUT2D eigenvalue weighted by atomic mass is 35.5. The molecule has 236 valence electrons. The smallest absolute Gasteiger partial charge is 0.313 e. The normalized spacial score (nSPS) is 17.1. The average Bonchev–Trinajstić information content (AvgIpc) is 2.93. The summed E-state index contributed by atoms with van der Waals surface area (Å²) in [4.78, 5) is 32.5. The van der Waals surface area contributed by atoms with Crippen LogP contribution in [-0.4, -0.2) is 62.3 Å². The van der Waals surface area contributed by atoms with Crippen LogP contribution in [0, 0.1) is 10.8 Å². The Morgan fingerprint density at radius 1 is 0.953 bits per heavy atom. The number of hydrogen-bond donors (Lipinski definition) is 0. The zero-order valence-electron chi connectivity index (χ0n) is 26.6. The first kappa shape index (κ1) is 33.4. The van der Waals surface area contributed by atoms with Gasteiger partial charge in [0.15, 0.2) is 6.23 Å². The summed E-state index contributed by atoms with van der Waals surface area (Å²) in [5.74, 6) is 0.380. The van der Waals surface area contributed by atoms with E-state index in [0.717, 1.165) is 68.3 Å². The van der Waals surface area contributed by atoms with Crippen molar-refractivity contribution in [2.45, 2.75) is 79.9 Å². The molecule has 0 radical (unpaired) electrons. The van der Waals surface area contributed by atoms with Gasteiger partial charge in [-0.2, -0.15) is 0 Å². The number of piperazine rings is 1. The maximum atomic E-state index is 13.1. The molecule has 1 amide bonds. The Labute approximate surface area is 267 Å². The maximum Gasteiger partial charge on any atom is 0.313 e. The zero-order valence-corrected chi connectivity index (χ0v) is 28.1. The van der Waals surface area contributed by atoms with Gasteiger partial charge in [0.1, 0.15) is 5.75 Å². The van der Waals surface area contributed by atoms with Crippen molar-refractivity contribution in [2.75, 3.05) is 49.1 Å². The fourth-order valence-electron chi connectivity index (χ4n) is 6.31. The number of unbranched alkanes of at least 4 members (excludes halogenated alkanes) is 1. The number of halogens is 2. The van der Waals surface area contributed by atoms with Gasteiger partial charge in [0.2, 0.25) is 5.91 Å². The lowest BCUT2D eigenvalue weighted by Crippen LogP contribution is -2.46. The number of nitrogens with zero attached hydrogens (tertiary/aromatic N) is 3. The van der Waals surface area contributed by atoms with Gasteiger partial charge >= 0.3 is 5.97 Å². The van der Waals surface area contributed by atoms with E-state index in [0.29, 0.717) is 35.9 Å². The number of hydrogen-bond acceptors (Lipinski definition) is 6. The molecule has 2 aromatic carbocycles. The predicted octanol–water partition coefficient (Wildman–Crippen LogP) is 7.61. The Balaban J connectivity index is 1.26. The Morgan fingerprint density at radius 3 is 2.37 bits per heavy atom. The number of amides is 1. The molecule has 2 aromatic rings. The number of benzene rings is 2. The highest BCUT2D eigenvalue weighted by Gasteiger charge is 2.37. The van der Waals surface area contributed by atoms with Gasteiger partial charge in [-0.05, 0) is 82.2 Å². The molecule has 1 unspecified atom stereocenters. The summed E-state index contributed by atoms with van der Waals surface area (Å²) in [6.45, 7) is 17.3. The molecule has 2 aliphatic rings. The molecule has 1 fully saturated rings. The van der Waals surface area contributed by atoms with E-state index in [1.165, 1.54) is 0 Å². The molecule has 0 saturated carbocycles. The molecule has 1 atom stereocenters. The Kier molecular flexibility index (Phi) is 10.9. The van der Waals surface area contributed by atoms with Crippen LogP contribution in [-0.2, 0) is 20.7 Å². The van der Waals surface area contributed by atoms with Crippen LogP contribution in [0.2, 0.25) is 10.0 Å². The first-order valence-corrected chi connectivity index (χ1v) is 16.2. The average molecular weight is 633 g/mol. The Morgan fingerprint density at radius 2 is 1.67 bits per heavy atom. The molecule has 0 N–H and O–H groups in total. The van der Waals surface area contributed by atoms with Crippen LogP contribution in [0.25, 0.3) is 0 Å². The second-order valence-corrected chi connectivity index (χ2v) is 14.4. The third kappa shape index (κ3) is 8.80. The lowest BCUT2D eigenvalue weighted by atomic mass is 9.76. The summed E-state index contributed by atoms with van der Waals surface area (Å²) in [5, 5.41) is 1.22. The molecule has 0 aliphatic carbocycles. The zero-order chi connectivity index (χ0) is 31.4. The molecule has 0 bridgehead atoms. The number of fused-ring (bicyclic) bond motifs is 1. The second-order valence-electron chi connectivity index (χ2n) is 13.6. The highest BCUT2D eigenvalue weighted by Crippen LogP contribution is 2.37. The number of esters is 1. The minimum Gasteiger partial charge on any atom is -0.494 e. The van der Waals surface area contributed by atoms with E-state index in [1.807, 2.05) is 50.2 Å². The largest absolute Gasteiger partial charge is 0.494 e. The summed E-state index contributed by atoms with van der Waals surface area (Å²) in [6.07, 6.45) is 2.99. The fraction of sp³-hybridized carbons (Fsp3) is 0.588. The summed E-state index contributed by atoms with van der Waals surface area (Å²) in [5.41, 5.74) is 2.15. The van der Waals surface area contributed by atoms with Gasteiger partial charge in [0.05, 0.1) is 33.4 Å². The van der Waals surface area contributed by atoms with Gasteiger partial charge in [0, 0.05) is 38.7 Å². The highest BCUT2D eigenvalue weighted by molar-refractivity contribution is 6.43. The van der Waals surface area contributed by atoms with E-state index in [-0.39, 0.29) is 17.3 Å². The van der Waals surface area contributed by atoms with Crippen LogP contribution in [0.3, 0.4) is 0 Å². The molecule has 2 heterocycles.